The summed E-state index contributed by atoms with van der Waals surface area (Å²) in [4.78, 5) is 26.1. The van der Waals surface area contributed by atoms with Gasteiger partial charge in [-0.3, -0.25) is 9.59 Å². The molecule has 0 amide bonds. The van der Waals surface area contributed by atoms with E-state index in [9.17, 15) is 24.9 Å². The van der Waals surface area contributed by atoms with E-state index in [-0.39, 0.29) is 46.7 Å². The van der Waals surface area contributed by atoms with Gasteiger partial charge in [-0.1, -0.05) is 12.1 Å². The van der Waals surface area contributed by atoms with E-state index in [2.05, 4.69) is 0 Å². The van der Waals surface area contributed by atoms with E-state index in [0.29, 0.717) is 16.9 Å². The summed E-state index contributed by atoms with van der Waals surface area (Å²) in [5.74, 6) is -0.302. The van der Waals surface area contributed by atoms with Gasteiger partial charge in [0.25, 0.3) is 0 Å². The number of hydrogen-bond donors (Lipinski definition) is 3. The second-order valence-corrected chi connectivity index (χ2v) is 7.31. The van der Waals surface area contributed by atoms with Gasteiger partial charge in [0.1, 0.15) is 5.75 Å². The summed E-state index contributed by atoms with van der Waals surface area (Å²) in [5.41, 5.74) is 0.529. The van der Waals surface area contributed by atoms with Gasteiger partial charge in [-0.15, -0.1) is 0 Å². The van der Waals surface area contributed by atoms with Crippen LogP contribution in [0.2, 0.25) is 0 Å². The van der Waals surface area contributed by atoms with E-state index in [4.69, 9.17) is 4.74 Å². The molecule has 4 rings (SSSR count). The van der Waals surface area contributed by atoms with E-state index in [0.717, 1.165) is 0 Å². The predicted molar refractivity (Wildman–Crippen MR) is 96.2 cm³/mol. The lowest BCUT2D eigenvalue weighted by Crippen LogP contribution is -2.46. The molecule has 2 aliphatic rings. The van der Waals surface area contributed by atoms with Gasteiger partial charge in [-0.25, -0.2) is 0 Å². The monoisotopic (exact) mass is 368 g/mol. The third kappa shape index (κ3) is 2.52. The van der Waals surface area contributed by atoms with Crippen molar-refractivity contribution in [1.82, 2.24) is 0 Å². The van der Waals surface area contributed by atoms with Gasteiger partial charge < -0.3 is 20.1 Å². The molecule has 0 aliphatic heterocycles. The minimum Gasteiger partial charge on any atom is -0.496 e. The second-order valence-electron chi connectivity index (χ2n) is 7.31. The number of aliphatic hydroxyl groups excluding tert-OH is 2. The molecule has 2 aromatic rings. The summed E-state index contributed by atoms with van der Waals surface area (Å²) >= 11 is 0. The van der Waals surface area contributed by atoms with E-state index in [1.54, 1.807) is 24.3 Å². The van der Waals surface area contributed by atoms with Crippen molar-refractivity contribution in [2.24, 2.45) is 0 Å². The third-order valence-electron chi connectivity index (χ3n) is 5.67. The number of rotatable bonds is 2. The zero-order valence-corrected chi connectivity index (χ0v) is 15.0. The Kier molecular flexibility index (Phi) is 3.96. The molecular formula is C21H20O6. The van der Waals surface area contributed by atoms with Crippen LogP contribution in [-0.4, -0.2) is 45.7 Å². The highest BCUT2D eigenvalue weighted by atomic mass is 16.5. The fourth-order valence-corrected chi connectivity index (χ4v) is 4.07. The number of ketones is 2. The molecule has 0 saturated heterocycles. The van der Waals surface area contributed by atoms with Crippen LogP contribution < -0.4 is 4.74 Å². The highest BCUT2D eigenvalue weighted by Crippen LogP contribution is 2.41. The number of fused-ring (bicyclic) bond motifs is 3. The molecule has 0 spiro atoms. The molecule has 0 bridgehead atoms. The van der Waals surface area contributed by atoms with E-state index < -0.39 is 17.8 Å². The van der Waals surface area contributed by atoms with E-state index in [1.807, 2.05) is 0 Å². The topological polar surface area (TPSA) is 104 Å². The van der Waals surface area contributed by atoms with Crippen molar-refractivity contribution in [3.8, 4) is 5.75 Å². The fourth-order valence-electron chi connectivity index (χ4n) is 4.07. The number of carbonyl (C=O) groups excluding carboxylic acids is 2. The highest BCUT2D eigenvalue weighted by Gasteiger charge is 2.42. The van der Waals surface area contributed by atoms with Crippen LogP contribution in [-0.2, 0) is 6.42 Å². The normalized spacial score (nSPS) is 24.7. The number of benzene rings is 2. The molecule has 2 aromatic carbocycles. The Morgan fingerprint density at radius 1 is 1.15 bits per heavy atom. The maximum absolute atomic E-state index is 13.1. The van der Waals surface area contributed by atoms with Crippen LogP contribution >= 0.6 is 0 Å². The van der Waals surface area contributed by atoms with Crippen molar-refractivity contribution < 1.29 is 29.6 Å². The molecule has 6 nitrogen and oxygen atoms in total. The molecule has 0 fully saturated rings. The van der Waals surface area contributed by atoms with Gasteiger partial charge in [0.2, 0.25) is 0 Å². The maximum Gasteiger partial charge on any atom is 0.198 e. The largest absolute Gasteiger partial charge is 0.496 e. The van der Waals surface area contributed by atoms with E-state index in [1.165, 1.54) is 20.1 Å². The van der Waals surface area contributed by atoms with Crippen molar-refractivity contribution in [3.63, 3.8) is 0 Å². The SMILES string of the molecule is COc1cccc2c1C(=O)c1cc3c(cc1C2=O)CC(O)(C(C)O)CC3O. The Hall–Kier alpha value is -2.54. The molecule has 27 heavy (non-hydrogen) atoms. The van der Waals surface area contributed by atoms with Crippen LogP contribution in [0.4, 0.5) is 0 Å². The number of aliphatic hydroxyl groups is 3. The maximum atomic E-state index is 13.1. The van der Waals surface area contributed by atoms with Crippen molar-refractivity contribution in [2.45, 2.75) is 37.6 Å². The molecule has 2 aliphatic carbocycles. The van der Waals surface area contributed by atoms with Gasteiger partial charge in [-0.05, 0) is 36.2 Å². The smallest absolute Gasteiger partial charge is 0.198 e. The minimum atomic E-state index is -1.48. The zero-order valence-electron chi connectivity index (χ0n) is 15.0. The lowest BCUT2D eigenvalue weighted by atomic mass is 9.73. The minimum absolute atomic E-state index is 0.0432. The van der Waals surface area contributed by atoms with Crippen LogP contribution in [0, 0.1) is 0 Å². The molecule has 3 atom stereocenters. The first-order valence-electron chi connectivity index (χ1n) is 8.78. The van der Waals surface area contributed by atoms with Crippen molar-refractivity contribution >= 4 is 11.6 Å². The molecule has 0 aromatic heterocycles. The number of carbonyl (C=O) groups is 2. The molecule has 140 valence electrons. The zero-order chi connectivity index (χ0) is 19.5. The molecule has 0 radical (unpaired) electrons. The summed E-state index contributed by atoms with van der Waals surface area (Å²) in [6.07, 6.45) is -2.03. The number of hydrogen-bond acceptors (Lipinski definition) is 6. The van der Waals surface area contributed by atoms with Crippen LogP contribution in [0.3, 0.4) is 0 Å². The Morgan fingerprint density at radius 2 is 1.85 bits per heavy atom. The molecule has 6 heteroatoms. The Bertz CT molecular complexity index is 977. The Labute approximate surface area is 156 Å². The third-order valence-corrected chi connectivity index (χ3v) is 5.67. The summed E-state index contributed by atoms with van der Waals surface area (Å²) in [5, 5.41) is 31.0. The van der Waals surface area contributed by atoms with Gasteiger partial charge in [0, 0.05) is 29.5 Å². The van der Waals surface area contributed by atoms with Gasteiger partial charge in [0.15, 0.2) is 11.6 Å². The number of methoxy groups -OCH3 is 1. The van der Waals surface area contributed by atoms with Crippen LogP contribution in [0.1, 0.15) is 62.4 Å². The summed E-state index contributed by atoms with van der Waals surface area (Å²) in [6, 6.07) is 7.96. The summed E-state index contributed by atoms with van der Waals surface area (Å²) in [7, 11) is 1.44. The fraction of sp³-hybridized carbons (Fsp3) is 0.333. The number of ether oxygens (including phenoxy) is 1. The standard InChI is InChI=1S/C21H20O6/c1-10(22)21(26)8-11-6-14-15(7-13(11)16(23)9-21)20(25)18-12(19(14)24)4-3-5-17(18)27-2/h3-7,10,16,22-23,26H,8-9H2,1-2H3. The molecule has 3 unspecified atom stereocenters. The average molecular weight is 368 g/mol. The van der Waals surface area contributed by atoms with Crippen LogP contribution in [0.5, 0.6) is 5.75 Å². The van der Waals surface area contributed by atoms with Crippen LogP contribution in [0.25, 0.3) is 0 Å². The average Bonchev–Trinajstić information content (AvgIpc) is 2.64. The quantitative estimate of drug-likeness (QED) is 0.634. The van der Waals surface area contributed by atoms with Crippen molar-refractivity contribution in [2.75, 3.05) is 7.11 Å². The highest BCUT2D eigenvalue weighted by molar-refractivity contribution is 6.29. The lowest BCUT2D eigenvalue weighted by molar-refractivity contribution is -0.0992. The molecule has 0 heterocycles. The van der Waals surface area contributed by atoms with Gasteiger partial charge >= 0.3 is 0 Å². The molecule has 3 N–H and O–H groups in total. The molecular weight excluding hydrogens is 348 g/mol. The van der Waals surface area contributed by atoms with Gasteiger partial charge in [-0.2, -0.15) is 0 Å². The Morgan fingerprint density at radius 3 is 2.52 bits per heavy atom. The predicted octanol–water partition coefficient (Wildman–Crippen LogP) is 1.56. The Balaban J connectivity index is 1.90. The van der Waals surface area contributed by atoms with Crippen molar-refractivity contribution in [3.05, 3.63) is 63.7 Å². The summed E-state index contributed by atoms with van der Waals surface area (Å²) in [6.45, 7) is 1.47. The van der Waals surface area contributed by atoms with Crippen molar-refractivity contribution in [1.29, 1.82) is 0 Å². The lowest BCUT2D eigenvalue weighted by Gasteiger charge is -2.39. The first kappa shape index (κ1) is 17.9. The van der Waals surface area contributed by atoms with Crippen LogP contribution in [0.15, 0.2) is 30.3 Å². The summed E-state index contributed by atoms with van der Waals surface area (Å²) < 4.78 is 5.25. The first-order chi connectivity index (χ1) is 12.8. The van der Waals surface area contributed by atoms with Gasteiger partial charge in [0.05, 0.1) is 30.5 Å². The van der Waals surface area contributed by atoms with E-state index >= 15 is 0 Å². The molecule has 0 saturated carbocycles. The first-order valence-corrected chi connectivity index (χ1v) is 8.78. The second kappa shape index (κ2) is 5.99.